The summed E-state index contributed by atoms with van der Waals surface area (Å²) in [5.41, 5.74) is 27.8. The third-order valence-corrected chi connectivity index (χ3v) is 15.2. The van der Waals surface area contributed by atoms with E-state index in [2.05, 4.69) is 263 Å². The van der Waals surface area contributed by atoms with Gasteiger partial charge >= 0.3 is 0 Å². The van der Waals surface area contributed by atoms with Gasteiger partial charge in [-0.1, -0.05) is 251 Å². The van der Waals surface area contributed by atoms with E-state index < -0.39 is 0 Å². The fraction of sp³-hybridized carbons (Fsp3) is 0.500. The van der Waals surface area contributed by atoms with Gasteiger partial charge in [0.05, 0.1) is 0 Å². The first-order valence-corrected chi connectivity index (χ1v) is 28.4. The van der Waals surface area contributed by atoms with Crippen LogP contribution in [0.25, 0.3) is 44.5 Å². The molecule has 5 radical (unpaired) electrons. The van der Waals surface area contributed by atoms with Crippen molar-refractivity contribution >= 4 is 19.8 Å². The molecule has 0 aliphatic carbocycles. The largest absolute Gasteiger partial charge is 0.0610 e. The van der Waals surface area contributed by atoms with Crippen molar-refractivity contribution in [2.75, 3.05) is 0 Å². The molecule has 0 spiro atoms. The van der Waals surface area contributed by atoms with Crippen LogP contribution in [0.5, 0.6) is 0 Å². The normalized spacial score (nSPS) is 12.1. The topological polar surface area (TPSA) is 0 Å². The van der Waals surface area contributed by atoms with Gasteiger partial charge in [-0.25, -0.2) is 0 Å². The molecule has 0 atom stereocenters. The Morgan fingerprint density at radius 1 is 0.233 bits per heavy atom. The third-order valence-electron chi connectivity index (χ3n) is 15.2. The first-order valence-electron chi connectivity index (χ1n) is 28.4. The summed E-state index contributed by atoms with van der Waals surface area (Å²) in [6.45, 7) is 55.7. The smallest absolute Gasteiger partial charge is 0 e. The van der Waals surface area contributed by atoms with E-state index in [0.717, 1.165) is 0 Å². The van der Waals surface area contributed by atoms with Crippen molar-refractivity contribution in [2.24, 2.45) is 0 Å². The third kappa shape index (κ3) is 14.3. The van der Waals surface area contributed by atoms with Crippen LogP contribution >= 0.6 is 0 Å². The van der Waals surface area contributed by atoms with Crippen LogP contribution in [0.1, 0.15) is 305 Å². The maximum absolute atomic E-state index is 3.96. The van der Waals surface area contributed by atoms with Gasteiger partial charge in [-0.05, 0) is 194 Å². The second-order valence-electron chi connectivity index (χ2n) is 25.1. The van der Waals surface area contributed by atoms with E-state index >= 15 is 0 Å². The zero-order valence-corrected chi connectivity index (χ0v) is 53.0. The molecule has 0 aromatic heterocycles. The molecule has 73 heavy (non-hydrogen) atoms. The maximum Gasteiger partial charge on any atom is 0 e. The van der Waals surface area contributed by atoms with E-state index in [1.165, 1.54) is 111 Å². The molecule has 0 fully saturated rings. The number of hydrogen-bond donors (Lipinski definition) is 0. The van der Waals surface area contributed by atoms with Gasteiger partial charge in [0.15, 0.2) is 0 Å². The van der Waals surface area contributed by atoms with Crippen LogP contribution in [0, 0.1) is 12.1 Å². The number of benzene rings is 6. The van der Waals surface area contributed by atoms with E-state index in [1.807, 2.05) is 0 Å². The molecule has 0 aliphatic rings. The predicted octanol–water partition coefficient (Wildman–Crippen LogP) is 23.0. The van der Waals surface area contributed by atoms with Crippen molar-refractivity contribution in [3.05, 3.63) is 164 Å². The molecule has 6 rings (SSSR count). The summed E-state index contributed by atoms with van der Waals surface area (Å²) in [5.74, 6) is 5.72. The van der Waals surface area contributed by atoms with Crippen molar-refractivity contribution in [2.45, 2.75) is 237 Å². The monoisotopic (exact) mass is 1030 g/mol. The summed E-state index contributed by atoms with van der Waals surface area (Å²) in [6, 6.07) is 41.1. The molecule has 0 saturated carbocycles. The Morgan fingerprint density at radius 3 is 0.479 bits per heavy atom. The molecule has 0 heterocycles. The maximum atomic E-state index is 3.96. The minimum atomic E-state index is 0. The Balaban J connectivity index is 0.000000380. The number of rotatable bonds is 16. The summed E-state index contributed by atoms with van der Waals surface area (Å²) < 4.78 is 0. The minimum Gasteiger partial charge on any atom is -0.0610 e. The Morgan fingerprint density at radius 2 is 0.370 bits per heavy atom. The van der Waals surface area contributed by atoms with Gasteiger partial charge in [-0.3, -0.25) is 0 Å². The van der Waals surface area contributed by atoms with Crippen molar-refractivity contribution in [1.29, 1.82) is 0 Å². The summed E-state index contributed by atoms with van der Waals surface area (Å²) in [6.07, 6.45) is 0. The quantitative estimate of drug-likeness (QED) is 0.0848. The van der Waals surface area contributed by atoms with Crippen LogP contribution < -0.4 is 0 Å². The van der Waals surface area contributed by atoms with Crippen LogP contribution in [0.15, 0.2) is 84.9 Å². The Hall–Kier alpha value is -4.04. The molecule has 0 aliphatic heterocycles. The SMILES string of the molecule is CC(C)c1cc(C(C)C)c(-c2[c]c(-c3c(C(C)C)cc(C(C)C)cc3C(C)C)ccc2)c(C(C)C)c1.CC(C)c1cc(C(C)C)c(-c2[c]c(-c3c(C(C)C)cc(C(C)C)cc3C(C)C)ccc2)c(C(C)C)c1.[Ga].[HH]. The molecule has 6 aromatic rings. The van der Waals surface area contributed by atoms with E-state index in [1.54, 1.807) is 0 Å². The van der Waals surface area contributed by atoms with Crippen LogP contribution in [0.3, 0.4) is 0 Å². The molecule has 1 heteroatoms. The van der Waals surface area contributed by atoms with E-state index in [0.29, 0.717) is 71.0 Å². The zero-order valence-electron chi connectivity index (χ0n) is 50.6. The fourth-order valence-corrected chi connectivity index (χ4v) is 10.6. The molecular weight excluding hydrogens is 935 g/mol. The molecule has 0 unspecified atom stereocenters. The standard InChI is InChI=1S/2C36H49.Ga.H2/c2*1-21(2)29-17-31(23(5)6)35(32(18-29)24(7)8)27-14-13-15-28(16-27)36-33(25(9)10)19-30(22(3)4)20-34(36)26(11)12;;/h2*13-15,17-26H,1-12H3;;1H. The minimum absolute atomic E-state index is 0. The van der Waals surface area contributed by atoms with E-state index in [-0.39, 0.29) is 21.2 Å². The first kappa shape index (κ1) is 61.5. The molecule has 0 N–H and O–H groups in total. The number of hydrogen-bond acceptors (Lipinski definition) is 0. The molecule has 0 bridgehead atoms. The van der Waals surface area contributed by atoms with Crippen molar-refractivity contribution < 1.29 is 1.43 Å². The summed E-state index contributed by atoms with van der Waals surface area (Å²) in [5, 5.41) is 0. The second-order valence-corrected chi connectivity index (χ2v) is 25.1. The summed E-state index contributed by atoms with van der Waals surface area (Å²) in [7, 11) is 0. The van der Waals surface area contributed by atoms with Gasteiger partial charge in [-0.2, -0.15) is 0 Å². The average Bonchev–Trinajstić information content (AvgIpc) is 3.32. The Labute approximate surface area is 464 Å². The Kier molecular flexibility index (Phi) is 22.0. The van der Waals surface area contributed by atoms with Gasteiger partial charge in [0.1, 0.15) is 0 Å². The summed E-state index contributed by atoms with van der Waals surface area (Å²) in [4.78, 5) is 0. The van der Waals surface area contributed by atoms with Gasteiger partial charge in [-0.15, -0.1) is 0 Å². The van der Waals surface area contributed by atoms with Crippen LogP contribution in [0.4, 0.5) is 0 Å². The molecule has 0 nitrogen and oxygen atoms in total. The van der Waals surface area contributed by atoms with Gasteiger partial charge in [0, 0.05) is 21.2 Å². The second kappa shape index (κ2) is 26.1. The molecular formula is C72H100Ga. The van der Waals surface area contributed by atoms with E-state index in [4.69, 9.17) is 0 Å². The molecule has 0 amide bonds. The van der Waals surface area contributed by atoms with Crippen LogP contribution in [-0.2, 0) is 0 Å². The predicted molar refractivity (Wildman–Crippen MR) is 329 cm³/mol. The first-order chi connectivity index (χ1) is 33.7. The fourth-order valence-electron chi connectivity index (χ4n) is 10.6. The van der Waals surface area contributed by atoms with Crippen molar-refractivity contribution in [3.63, 3.8) is 0 Å². The van der Waals surface area contributed by atoms with Gasteiger partial charge in [0.2, 0.25) is 0 Å². The Bertz CT molecular complexity index is 2280. The zero-order chi connectivity index (χ0) is 53.8. The van der Waals surface area contributed by atoms with Crippen LogP contribution in [-0.4, -0.2) is 19.8 Å². The van der Waals surface area contributed by atoms with Crippen molar-refractivity contribution in [3.8, 4) is 44.5 Å². The van der Waals surface area contributed by atoms with Crippen molar-refractivity contribution in [1.82, 2.24) is 0 Å². The van der Waals surface area contributed by atoms with E-state index in [9.17, 15) is 0 Å². The molecule has 0 saturated heterocycles. The van der Waals surface area contributed by atoms with Gasteiger partial charge < -0.3 is 0 Å². The molecule has 6 aromatic carbocycles. The average molecular weight is 1040 g/mol. The summed E-state index contributed by atoms with van der Waals surface area (Å²) >= 11 is 0. The molecule has 391 valence electrons. The van der Waals surface area contributed by atoms with Crippen LogP contribution in [0.2, 0.25) is 0 Å². The van der Waals surface area contributed by atoms with Gasteiger partial charge in [0.25, 0.3) is 0 Å².